The summed E-state index contributed by atoms with van der Waals surface area (Å²) in [5.41, 5.74) is 5.30. The van der Waals surface area contributed by atoms with E-state index in [9.17, 15) is 8.78 Å². The molecule has 0 aliphatic heterocycles. The van der Waals surface area contributed by atoms with E-state index in [0.29, 0.717) is 0 Å². The molecule has 7 heteroatoms. The van der Waals surface area contributed by atoms with Gasteiger partial charge in [-0.15, -0.1) is 0 Å². The van der Waals surface area contributed by atoms with Gasteiger partial charge in [0.05, 0.1) is 0 Å². The van der Waals surface area contributed by atoms with Crippen LogP contribution >= 0.6 is 12.2 Å². The highest BCUT2D eigenvalue weighted by atomic mass is 32.1. The van der Waals surface area contributed by atoms with Gasteiger partial charge >= 0.3 is 0 Å². The molecule has 2 rings (SSSR count). The maximum Gasteiger partial charge on any atom is 0.159 e. The van der Waals surface area contributed by atoms with E-state index in [2.05, 4.69) is 15.3 Å². The van der Waals surface area contributed by atoms with Crippen LogP contribution in [0.1, 0.15) is 5.69 Å². The molecule has 2 aromatic rings. The third-order valence-electron chi connectivity index (χ3n) is 2.14. The molecule has 4 nitrogen and oxygen atoms in total. The summed E-state index contributed by atoms with van der Waals surface area (Å²) < 4.78 is 26.9. The van der Waals surface area contributed by atoms with Gasteiger partial charge < -0.3 is 11.1 Å². The van der Waals surface area contributed by atoms with Gasteiger partial charge in [-0.25, -0.2) is 18.7 Å². The van der Waals surface area contributed by atoms with Crippen LogP contribution in [0.2, 0.25) is 0 Å². The first-order valence-corrected chi connectivity index (χ1v) is 5.32. The monoisotopic (exact) mass is 266 g/mol. The van der Waals surface area contributed by atoms with Crippen molar-refractivity contribution < 1.29 is 8.78 Å². The topological polar surface area (TPSA) is 63.8 Å². The summed E-state index contributed by atoms with van der Waals surface area (Å²) in [6, 6.07) is 3.52. The number of anilines is 2. The molecule has 0 spiro atoms. The molecule has 0 saturated carbocycles. The van der Waals surface area contributed by atoms with E-state index in [1.165, 1.54) is 18.5 Å². The molecule has 0 radical (unpaired) electrons. The summed E-state index contributed by atoms with van der Waals surface area (Å²) in [5, 5.41) is 2.50. The molecular weight excluding hydrogens is 258 g/mol. The van der Waals surface area contributed by atoms with Crippen molar-refractivity contribution in [1.29, 1.82) is 0 Å². The maximum atomic E-state index is 13.5. The van der Waals surface area contributed by atoms with Crippen LogP contribution in [0.5, 0.6) is 0 Å². The zero-order valence-corrected chi connectivity index (χ0v) is 9.84. The zero-order valence-electron chi connectivity index (χ0n) is 9.02. The molecule has 0 aliphatic carbocycles. The lowest BCUT2D eigenvalue weighted by Crippen LogP contribution is -2.15. The summed E-state index contributed by atoms with van der Waals surface area (Å²) in [6.45, 7) is 0. The van der Waals surface area contributed by atoms with Gasteiger partial charge in [0.1, 0.15) is 28.0 Å². The molecule has 0 unspecified atom stereocenters. The van der Waals surface area contributed by atoms with Crippen LogP contribution in [0.15, 0.2) is 30.6 Å². The molecule has 92 valence electrons. The van der Waals surface area contributed by atoms with Gasteiger partial charge in [-0.2, -0.15) is 0 Å². The van der Waals surface area contributed by atoms with Gasteiger partial charge in [-0.1, -0.05) is 18.3 Å². The fraction of sp³-hybridized carbons (Fsp3) is 0. The Kier molecular flexibility index (Phi) is 3.42. The first-order chi connectivity index (χ1) is 8.59. The molecule has 1 aromatic heterocycles. The van der Waals surface area contributed by atoms with Gasteiger partial charge in [0.25, 0.3) is 0 Å². The van der Waals surface area contributed by atoms with Crippen LogP contribution in [-0.4, -0.2) is 15.0 Å². The second-order valence-corrected chi connectivity index (χ2v) is 3.78. The standard InChI is InChI=1S/C11H8F2N4S/c12-6-2-1-3-7(13)8(6)17-11-9(10(14)18)15-4-5-16-11/h1-5H,(H2,14,18)(H,16,17). The maximum absolute atomic E-state index is 13.5. The van der Waals surface area contributed by atoms with E-state index in [0.717, 1.165) is 12.1 Å². The molecule has 0 saturated heterocycles. The average molecular weight is 266 g/mol. The van der Waals surface area contributed by atoms with Crippen molar-refractivity contribution in [3.8, 4) is 0 Å². The molecule has 0 bridgehead atoms. The van der Waals surface area contributed by atoms with Crippen molar-refractivity contribution in [3.63, 3.8) is 0 Å². The number of benzene rings is 1. The minimum absolute atomic E-state index is 0.0117. The first-order valence-electron chi connectivity index (χ1n) is 4.91. The first kappa shape index (κ1) is 12.3. The second kappa shape index (κ2) is 5.01. The highest BCUT2D eigenvalue weighted by Gasteiger charge is 2.13. The van der Waals surface area contributed by atoms with Gasteiger partial charge in [-0.05, 0) is 12.1 Å². The minimum Gasteiger partial charge on any atom is -0.388 e. The molecule has 1 heterocycles. The third kappa shape index (κ3) is 2.40. The number of hydrogen-bond acceptors (Lipinski definition) is 4. The van der Waals surface area contributed by atoms with E-state index in [-0.39, 0.29) is 22.2 Å². The third-order valence-corrected chi connectivity index (χ3v) is 2.33. The lowest BCUT2D eigenvalue weighted by Gasteiger charge is -2.10. The number of halogens is 2. The zero-order chi connectivity index (χ0) is 13.1. The van der Waals surface area contributed by atoms with Gasteiger partial charge in [0.2, 0.25) is 0 Å². The van der Waals surface area contributed by atoms with Crippen molar-refractivity contribution in [3.05, 3.63) is 47.9 Å². The van der Waals surface area contributed by atoms with Crippen molar-refractivity contribution in [1.82, 2.24) is 9.97 Å². The number of rotatable bonds is 3. The molecular formula is C11H8F2N4S. The van der Waals surface area contributed by atoms with Crippen LogP contribution < -0.4 is 11.1 Å². The quantitative estimate of drug-likeness (QED) is 0.833. The van der Waals surface area contributed by atoms with Gasteiger partial charge in [-0.3, -0.25) is 0 Å². The Morgan fingerprint density at radius 3 is 2.39 bits per heavy atom. The molecule has 18 heavy (non-hydrogen) atoms. The predicted molar refractivity (Wildman–Crippen MR) is 67.6 cm³/mol. The lowest BCUT2D eigenvalue weighted by atomic mass is 10.3. The number of hydrogen-bond donors (Lipinski definition) is 2. The van der Waals surface area contributed by atoms with Crippen molar-refractivity contribution in [2.24, 2.45) is 5.73 Å². The normalized spacial score (nSPS) is 10.1. The Labute approximate surface area is 107 Å². The van der Waals surface area contributed by atoms with Crippen LogP contribution in [0, 0.1) is 11.6 Å². The summed E-state index contributed by atoms with van der Waals surface area (Å²) in [6.07, 6.45) is 2.75. The number of para-hydroxylation sites is 1. The van der Waals surface area contributed by atoms with Crippen molar-refractivity contribution in [2.75, 3.05) is 5.32 Å². The second-order valence-electron chi connectivity index (χ2n) is 3.34. The number of nitrogens with two attached hydrogens (primary N) is 1. The molecule has 0 atom stereocenters. The van der Waals surface area contributed by atoms with Crippen molar-refractivity contribution in [2.45, 2.75) is 0 Å². The Morgan fingerprint density at radius 1 is 1.17 bits per heavy atom. The summed E-state index contributed by atoms with van der Waals surface area (Å²) >= 11 is 4.78. The minimum atomic E-state index is -0.741. The van der Waals surface area contributed by atoms with Gasteiger partial charge in [0.15, 0.2) is 5.82 Å². The van der Waals surface area contributed by atoms with E-state index in [1.807, 2.05) is 0 Å². The largest absolute Gasteiger partial charge is 0.388 e. The number of thiocarbonyl (C=S) groups is 1. The Hall–Kier alpha value is -2.15. The Balaban J connectivity index is 2.43. The molecule has 0 aliphatic rings. The lowest BCUT2D eigenvalue weighted by molar-refractivity contribution is 0.590. The van der Waals surface area contributed by atoms with Crippen LogP contribution in [0.4, 0.5) is 20.3 Å². The fourth-order valence-electron chi connectivity index (χ4n) is 1.35. The predicted octanol–water partition coefficient (Wildman–Crippen LogP) is 2.13. The number of aromatic nitrogens is 2. The van der Waals surface area contributed by atoms with E-state index < -0.39 is 11.6 Å². The number of nitrogens with zero attached hydrogens (tertiary/aromatic N) is 2. The van der Waals surface area contributed by atoms with E-state index >= 15 is 0 Å². The highest BCUT2D eigenvalue weighted by molar-refractivity contribution is 7.80. The van der Waals surface area contributed by atoms with E-state index in [4.69, 9.17) is 18.0 Å². The molecule has 1 aromatic carbocycles. The summed E-state index contributed by atoms with van der Waals surface area (Å²) in [5.74, 6) is -1.38. The molecule has 0 fully saturated rings. The van der Waals surface area contributed by atoms with Crippen LogP contribution in [0.25, 0.3) is 0 Å². The Bertz CT molecular complexity index is 583. The average Bonchev–Trinajstić information content (AvgIpc) is 2.34. The van der Waals surface area contributed by atoms with Gasteiger partial charge in [0, 0.05) is 12.4 Å². The van der Waals surface area contributed by atoms with Crippen LogP contribution in [-0.2, 0) is 0 Å². The Morgan fingerprint density at radius 2 is 1.78 bits per heavy atom. The highest BCUT2D eigenvalue weighted by Crippen LogP contribution is 2.23. The molecule has 0 amide bonds. The number of nitrogens with one attached hydrogen (secondary N) is 1. The van der Waals surface area contributed by atoms with Crippen molar-refractivity contribution >= 4 is 28.7 Å². The molecule has 3 N–H and O–H groups in total. The summed E-state index contributed by atoms with van der Waals surface area (Å²) in [4.78, 5) is 7.79. The summed E-state index contributed by atoms with van der Waals surface area (Å²) in [7, 11) is 0. The van der Waals surface area contributed by atoms with Crippen LogP contribution in [0.3, 0.4) is 0 Å². The SMILES string of the molecule is NC(=S)c1nccnc1Nc1c(F)cccc1F. The smallest absolute Gasteiger partial charge is 0.159 e. The fourth-order valence-corrected chi connectivity index (χ4v) is 1.49. The van der Waals surface area contributed by atoms with E-state index in [1.54, 1.807) is 0 Å².